The van der Waals surface area contributed by atoms with Crippen LogP contribution in [0.15, 0.2) is 191 Å². The standard InChI is InChI=1S/C52H36N4OS/c1-55-51(33-16-6-3-7-17-33)53-50(32-14-4-2-5-15-32)54-52(55)41-22-13-25-45-48(41)40-28-26-34(30-46(40)57-45)36-20-12-21-39-42-31-35(27-29-47(42)58-49(36)39)56-43-23-10-8-18-37(43)38-19-9-11-24-44(38)56/h2-31,51-52H,1H3,(H,53,54). The Morgan fingerprint density at radius 1 is 0.569 bits per heavy atom. The zero-order valence-corrected chi connectivity index (χ0v) is 32.4. The maximum atomic E-state index is 6.73. The Bertz CT molecular complexity index is 3360. The van der Waals surface area contributed by atoms with E-state index in [0.717, 1.165) is 50.0 Å². The lowest BCUT2D eigenvalue weighted by molar-refractivity contribution is 0.153. The number of aromatic nitrogens is 1. The minimum Gasteiger partial charge on any atom is -0.456 e. The molecule has 5 nitrogen and oxygen atoms in total. The molecule has 0 aliphatic carbocycles. The van der Waals surface area contributed by atoms with Crippen LogP contribution in [-0.2, 0) is 0 Å². The summed E-state index contributed by atoms with van der Waals surface area (Å²) in [5.41, 5.74) is 11.1. The molecule has 0 saturated carbocycles. The fraction of sp³-hybridized carbons (Fsp3) is 0.0577. The van der Waals surface area contributed by atoms with E-state index in [0.29, 0.717) is 0 Å². The lowest BCUT2D eigenvalue weighted by atomic mass is 9.98. The zero-order valence-electron chi connectivity index (χ0n) is 31.6. The fourth-order valence-electron chi connectivity index (χ4n) is 9.21. The number of aliphatic imine (C=N–C) groups is 1. The summed E-state index contributed by atoms with van der Waals surface area (Å²) in [6, 6.07) is 65.2. The summed E-state index contributed by atoms with van der Waals surface area (Å²) < 4.78 is 11.7. The van der Waals surface area contributed by atoms with Gasteiger partial charge >= 0.3 is 0 Å². The quantitative estimate of drug-likeness (QED) is 0.190. The number of thiophene rings is 1. The van der Waals surface area contributed by atoms with Crippen molar-refractivity contribution in [2.75, 3.05) is 7.05 Å². The van der Waals surface area contributed by atoms with E-state index in [9.17, 15) is 0 Å². The number of nitrogens with zero attached hydrogens (tertiary/aromatic N) is 3. The van der Waals surface area contributed by atoms with Crippen LogP contribution < -0.4 is 5.32 Å². The molecule has 2 unspecified atom stereocenters. The number of benzene rings is 8. The van der Waals surface area contributed by atoms with Gasteiger partial charge < -0.3 is 14.3 Å². The van der Waals surface area contributed by atoms with Gasteiger partial charge in [0.25, 0.3) is 0 Å². The molecule has 0 saturated heterocycles. The van der Waals surface area contributed by atoms with Gasteiger partial charge in [0.15, 0.2) is 0 Å². The average molecular weight is 765 g/mol. The number of rotatable bonds is 5. The normalized spacial score (nSPS) is 16.2. The monoisotopic (exact) mass is 764 g/mol. The lowest BCUT2D eigenvalue weighted by Crippen LogP contribution is -2.46. The predicted molar refractivity (Wildman–Crippen MR) is 242 cm³/mol. The van der Waals surface area contributed by atoms with Gasteiger partial charge in [-0.1, -0.05) is 133 Å². The first-order chi connectivity index (χ1) is 28.7. The van der Waals surface area contributed by atoms with E-state index in [-0.39, 0.29) is 12.3 Å². The van der Waals surface area contributed by atoms with Crippen LogP contribution in [0.4, 0.5) is 0 Å². The summed E-state index contributed by atoms with van der Waals surface area (Å²) in [6.07, 6.45) is -0.315. The van der Waals surface area contributed by atoms with Crippen LogP contribution >= 0.6 is 11.3 Å². The largest absolute Gasteiger partial charge is 0.456 e. The second kappa shape index (κ2) is 13.0. The molecule has 276 valence electrons. The van der Waals surface area contributed by atoms with Gasteiger partial charge in [0.2, 0.25) is 0 Å². The van der Waals surface area contributed by atoms with E-state index < -0.39 is 0 Å². The number of hydrogen-bond donors (Lipinski definition) is 1. The molecule has 0 fully saturated rings. The number of para-hydroxylation sites is 2. The zero-order chi connectivity index (χ0) is 38.3. The van der Waals surface area contributed by atoms with Crippen molar-refractivity contribution < 1.29 is 4.42 Å². The molecule has 0 amide bonds. The van der Waals surface area contributed by atoms with Crippen molar-refractivity contribution in [1.29, 1.82) is 0 Å². The Hall–Kier alpha value is -6.99. The summed E-state index contributed by atoms with van der Waals surface area (Å²) in [7, 11) is 2.15. The number of hydrogen-bond acceptors (Lipinski definition) is 5. The van der Waals surface area contributed by atoms with Crippen molar-refractivity contribution in [2.24, 2.45) is 4.99 Å². The van der Waals surface area contributed by atoms with Gasteiger partial charge in [-0.05, 0) is 72.3 Å². The molecule has 0 spiro atoms. The van der Waals surface area contributed by atoms with Crippen molar-refractivity contribution in [1.82, 2.24) is 14.8 Å². The second-order valence-corrected chi connectivity index (χ2v) is 16.3. The molecule has 58 heavy (non-hydrogen) atoms. The number of furan rings is 1. The first-order valence-corrected chi connectivity index (χ1v) is 20.6. The molecule has 1 aliphatic heterocycles. The highest BCUT2D eigenvalue weighted by molar-refractivity contribution is 7.26. The van der Waals surface area contributed by atoms with Gasteiger partial charge in [-0.3, -0.25) is 4.90 Å². The predicted octanol–water partition coefficient (Wildman–Crippen LogP) is 13.4. The first kappa shape index (κ1) is 33.2. The number of nitrogens with one attached hydrogen (secondary N) is 1. The Morgan fingerprint density at radius 3 is 2.07 bits per heavy atom. The van der Waals surface area contributed by atoms with Crippen LogP contribution in [0.1, 0.15) is 29.0 Å². The molecule has 8 aromatic carbocycles. The van der Waals surface area contributed by atoms with Crippen LogP contribution in [0.25, 0.3) is 80.7 Å². The topological polar surface area (TPSA) is 45.7 Å². The SMILES string of the molecule is CN1C(c2ccccc2)N=C(c2ccccc2)NC1c1cccc2oc3cc(-c4cccc5c4sc4ccc(-n6c7ccccc7c7ccccc76)cc45)ccc3c12. The second-order valence-electron chi connectivity index (χ2n) is 15.2. The minimum absolute atomic E-state index is 0.151. The summed E-state index contributed by atoms with van der Waals surface area (Å²) in [4.78, 5) is 7.56. The minimum atomic E-state index is -0.164. The smallest absolute Gasteiger partial charge is 0.136 e. The average Bonchev–Trinajstić information content (AvgIpc) is 3.96. The van der Waals surface area contributed by atoms with Crippen LogP contribution in [-0.4, -0.2) is 22.4 Å². The lowest BCUT2D eigenvalue weighted by Gasteiger charge is -2.39. The Balaban J connectivity index is 0.965. The molecule has 1 aliphatic rings. The third-order valence-corrected chi connectivity index (χ3v) is 13.1. The summed E-state index contributed by atoms with van der Waals surface area (Å²) in [5, 5.41) is 11.1. The van der Waals surface area contributed by atoms with Gasteiger partial charge in [-0.25, -0.2) is 4.99 Å². The molecule has 0 bridgehead atoms. The van der Waals surface area contributed by atoms with Crippen LogP contribution in [0, 0.1) is 0 Å². The molecule has 11 aromatic rings. The van der Waals surface area contributed by atoms with E-state index >= 15 is 0 Å². The highest BCUT2D eigenvalue weighted by Gasteiger charge is 2.33. The molecule has 2 atom stereocenters. The Morgan fingerprint density at radius 2 is 1.28 bits per heavy atom. The molecule has 3 aromatic heterocycles. The van der Waals surface area contributed by atoms with Gasteiger partial charge in [-0.15, -0.1) is 11.3 Å². The van der Waals surface area contributed by atoms with Crippen molar-refractivity contribution in [2.45, 2.75) is 12.3 Å². The molecule has 12 rings (SSSR count). The number of amidine groups is 1. The van der Waals surface area contributed by atoms with Crippen molar-refractivity contribution >= 4 is 81.1 Å². The molecule has 1 N–H and O–H groups in total. The van der Waals surface area contributed by atoms with E-state index in [1.807, 2.05) is 17.4 Å². The molecular weight excluding hydrogens is 729 g/mol. The Labute approximate surface area is 338 Å². The Kier molecular flexibility index (Phi) is 7.45. The van der Waals surface area contributed by atoms with Crippen molar-refractivity contribution in [3.05, 3.63) is 199 Å². The fourth-order valence-corrected chi connectivity index (χ4v) is 10.4. The highest BCUT2D eigenvalue weighted by Crippen LogP contribution is 2.44. The maximum Gasteiger partial charge on any atom is 0.136 e. The van der Waals surface area contributed by atoms with Gasteiger partial charge in [0.05, 0.1) is 11.0 Å². The third kappa shape index (κ3) is 5.09. The van der Waals surface area contributed by atoms with E-state index in [4.69, 9.17) is 9.41 Å². The van der Waals surface area contributed by atoms with Crippen LogP contribution in [0.3, 0.4) is 0 Å². The van der Waals surface area contributed by atoms with Crippen LogP contribution in [0.5, 0.6) is 0 Å². The van der Waals surface area contributed by atoms with Crippen LogP contribution in [0.2, 0.25) is 0 Å². The maximum absolute atomic E-state index is 6.73. The third-order valence-electron chi connectivity index (χ3n) is 11.9. The first-order valence-electron chi connectivity index (χ1n) is 19.7. The van der Waals surface area contributed by atoms with Gasteiger partial charge in [0.1, 0.15) is 29.3 Å². The van der Waals surface area contributed by atoms with Gasteiger partial charge in [0, 0.05) is 58.5 Å². The molecule has 0 radical (unpaired) electrons. The summed E-state index contributed by atoms with van der Waals surface area (Å²) in [6.45, 7) is 0. The molecule has 4 heterocycles. The van der Waals surface area contributed by atoms with Crippen molar-refractivity contribution in [3.8, 4) is 16.8 Å². The van der Waals surface area contributed by atoms with E-state index in [2.05, 4.69) is 198 Å². The van der Waals surface area contributed by atoms with E-state index in [1.165, 1.54) is 53.2 Å². The van der Waals surface area contributed by atoms with E-state index in [1.54, 1.807) is 0 Å². The number of fused-ring (bicyclic) bond motifs is 9. The summed E-state index contributed by atoms with van der Waals surface area (Å²) in [5.74, 6) is 0.878. The van der Waals surface area contributed by atoms with Crippen molar-refractivity contribution in [3.63, 3.8) is 0 Å². The molecular formula is C52H36N4OS. The van der Waals surface area contributed by atoms with Gasteiger partial charge in [-0.2, -0.15) is 0 Å². The highest BCUT2D eigenvalue weighted by atomic mass is 32.1. The molecule has 6 heteroatoms. The summed E-state index contributed by atoms with van der Waals surface area (Å²) >= 11 is 1.86.